The first-order chi connectivity index (χ1) is 15.1. The SMILES string of the molecule is CC(C)c1cccc2sc(N(CC3CCCO3)C(=O)C3COc4ccccc4O3)nc12. The monoisotopic (exact) mass is 438 g/mol. The number of carbonyl (C=O) groups excluding carboxylic acids is 1. The van der Waals surface area contributed by atoms with Gasteiger partial charge in [-0.05, 0) is 42.5 Å². The average molecular weight is 439 g/mol. The lowest BCUT2D eigenvalue weighted by molar-refractivity contribution is -0.128. The van der Waals surface area contributed by atoms with Crippen LogP contribution < -0.4 is 14.4 Å². The van der Waals surface area contributed by atoms with Crippen molar-refractivity contribution in [2.45, 2.75) is 44.8 Å². The van der Waals surface area contributed by atoms with Gasteiger partial charge in [-0.15, -0.1) is 0 Å². The number of ether oxygens (including phenoxy) is 3. The van der Waals surface area contributed by atoms with Crippen molar-refractivity contribution >= 4 is 32.6 Å². The maximum atomic E-state index is 13.6. The van der Waals surface area contributed by atoms with E-state index in [-0.39, 0.29) is 18.6 Å². The number of para-hydroxylation sites is 3. The highest BCUT2D eigenvalue weighted by Gasteiger charge is 2.35. The molecule has 7 heteroatoms. The van der Waals surface area contributed by atoms with Gasteiger partial charge in [0.25, 0.3) is 5.91 Å². The molecule has 2 aromatic carbocycles. The van der Waals surface area contributed by atoms with E-state index in [1.807, 2.05) is 24.3 Å². The predicted octanol–water partition coefficient (Wildman–Crippen LogP) is 4.77. The molecule has 1 fully saturated rings. The Labute approximate surface area is 185 Å². The minimum absolute atomic E-state index is 0.0114. The molecule has 0 bridgehead atoms. The van der Waals surface area contributed by atoms with Crippen LogP contribution in [0.4, 0.5) is 5.13 Å². The van der Waals surface area contributed by atoms with E-state index in [2.05, 4.69) is 32.0 Å². The van der Waals surface area contributed by atoms with Crippen molar-refractivity contribution in [3.63, 3.8) is 0 Å². The van der Waals surface area contributed by atoms with E-state index in [4.69, 9.17) is 19.2 Å². The molecule has 1 amide bonds. The first-order valence-corrected chi connectivity index (χ1v) is 11.6. The summed E-state index contributed by atoms with van der Waals surface area (Å²) in [5.41, 5.74) is 2.16. The zero-order valence-corrected chi connectivity index (χ0v) is 18.6. The van der Waals surface area contributed by atoms with E-state index in [1.54, 1.807) is 16.2 Å². The summed E-state index contributed by atoms with van der Waals surface area (Å²) in [6.45, 7) is 5.71. The van der Waals surface area contributed by atoms with Crippen LogP contribution >= 0.6 is 11.3 Å². The van der Waals surface area contributed by atoms with Crippen LogP contribution in [-0.2, 0) is 9.53 Å². The van der Waals surface area contributed by atoms with Gasteiger partial charge in [-0.25, -0.2) is 4.98 Å². The maximum Gasteiger partial charge on any atom is 0.273 e. The number of anilines is 1. The molecule has 2 aliphatic rings. The molecule has 31 heavy (non-hydrogen) atoms. The maximum absolute atomic E-state index is 13.6. The Morgan fingerprint density at radius 2 is 2.03 bits per heavy atom. The Balaban J connectivity index is 1.48. The minimum atomic E-state index is -0.715. The van der Waals surface area contributed by atoms with E-state index >= 15 is 0 Å². The fourth-order valence-electron chi connectivity index (χ4n) is 4.11. The van der Waals surface area contributed by atoms with Crippen molar-refractivity contribution in [3.05, 3.63) is 48.0 Å². The molecule has 5 rings (SSSR count). The van der Waals surface area contributed by atoms with Gasteiger partial charge in [-0.2, -0.15) is 0 Å². The third-order valence-corrected chi connectivity index (χ3v) is 6.80. The van der Waals surface area contributed by atoms with Crippen molar-refractivity contribution in [1.82, 2.24) is 4.98 Å². The standard InChI is InChI=1S/C24H26N2O4S/c1-15(2)17-8-5-11-21-22(17)25-24(31-21)26(13-16-7-6-12-28-16)23(27)20-14-29-18-9-3-4-10-19(18)30-20/h3-5,8-11,15-16,20H,6-7,12-14H2,1-2H3. The van der Waals surface area contributed by atoms with Crippen LogP contribution in [0.3, 0.4) is 0 Å². The molecule has 6 nitrogen and oxygen atoms in total. The molecule has 162 valence electrons. The van der Waals surface area contributed by atoms with Gasteiger partial charge in [-0.1, -0.05) is 49.4 Å². The lowest BCUT2D eigenvalue weighted by Crippen LogP contribution is -2.48. The van der Waals surface area contributed by atoms with E-state index in [1.165, 1.54) is 5.56 Å². The minimum Gasteiger partial charge on any atom is -0.485 e. The van der Waals surface area contributed by atoms with Crippen molar-refractivity contribution in [3.8, 4) is 11.5 Å². The Bertz CT molecular complexity index is 1090. The smallest absolute Gasteiger partial charge is 0.273 e. The molecule has 1 saturated heterocycles. The van der Waals surface area contributed by atoms with E-state index in [9.17, 15) is 4.79 Å². The van der Waals surface area contributed by atoms with Gasteiger partial charge in [0, 0.05) is 6.61 Å². The van der Waals surface area contributed by atoms with Gasteiger partial charge in [0.1, 0.15) is 6.61 Å². The summed E-state index contributed by atoms with van der Waals surface area (Å²) in [5.74, 6) is 1.47. The van der Waals surface area contributed by atoms with Gasteiger partial charge < -0.3 is 14.2 Å². The summed E-state index contributed by atoms with van der Waals surface area (Å²) in [6.07, 6.45) is 1.25. The highest BCUT2D eigenvalue weighted by atomic mass is 32.1. The molecule has 0 saturated carbocycles. The molecule has 2 unspecified atom stereocenters. The molecule has 2 atom stereocenters. The van der Waals surface area contributed by atoms with Crippen LogP contribution in [0.2, 0.25) is 0 Å². The van der Waals surface area contributed by atoms with Crippen LogP contribution in [0.1, 0.15) is 38.2 Å². The summed E-state index contributed by atoms with van der Waals surface area (Å²) in [6, 6.07) is 13.7. The zero-order valence-electron chi connectivity index (χ0n) is 17.7. The molecule has 3 aromatic rings. The number of fused-ring (bicyclic) bond motifs is 2. The number of hydrogen-bond acceptors (Lipinski definition) is 6. The summed E-state index contributed by atoms with van der Waals surface area (Å²) >= 11 is 1.54. The molecule has 0 spiro atoms. The molecule has 3 heterocycles. The number of hydrogen-bond donors (Lipinski definition) is 0. The molecule has 1 aromatic heterocycles. The highest BCUT2D eigenvalue weighted by molar-refractivity contribution is 7.22. The normalized spacial score (nSPS) is 20.4. The molecular weight excluding hydrogens is 412 g/mol. The van der Waals surface area contributed by atoms with Crippen molar-refractivity contribution in [2.24, 2.45) is 0 Å². The quantitative estimate of drug-likeness (QED) is 0.574. The first kappa shape index (κ1) is 20.3. The van der Waals surface area contributed by atoms with Crippen molar-refractivity contribution < 1.29 is 19.0 Å². The molecular formula is C24H26N2O4S. The number of amides is 1. The van der Waals surface area contributed by atoms with Crippen LogP contribution in [0, 0.1) is 0 Å². The first-order valence-electron chi connectivity index (χ1n) is 10.8. The van der Waals surface area contributed by atoms with Crippen LogP contribution in [0.5, 0.6) is 11.5 Å². The molecule has 0 N–H and O–H groups in total. The van der Waals surface area contributed by atoms with Crippen LogP contribution in [0.15, 0.2) is 42.5 Å². The van der Waals surface area contributed by atoms with E-state index in [0.717, 1.165) is 29.7 Å². The Morgan fingerprint density at radius 3 is 2.81 bits per heavy atom. The van der Waals surface area contributed by atoms with E-state index < -0.39 is 6.10 Å². The van der Waals surface area contributed by atoms with Crippen molar-refractivity contribution in [1.29, 1.82) is 0 Å². The number of aromatic nitrogens is 1. The fourth-order valence-corrected chi connectivity index (χ4v) is 5.12. The lowest BCUT2D eigenvalue weighted by atomic mass is 10.0. The van der Waals surface area contributed by atoms with Gasteiger partial charge in [0.05, 0.1) is 22.9 Å². The number of carbonyl (C=O) groups is 1. The largest absolute Gasteiger partial charge is 0.485 e. The predicted molar refractivity (Wildman–Crippen MR) is 121 cm³/mol. The van der Waals surface area contributed by atoms with Gasteiger partial charge in [0.2, 0.25) is 6.10 Å². The van der Waals surface area contributed by atoms with Gasteiger partial charge >= 0.3 is 0 Å². The molecule has 0 aliphatic carbocycles. The summed E-state index contributed by atoms with van der Waals surface area (Å²) in [7, 11) is 0. The second kappa shape index (κ2) is 8.48. The van der Waals surface area contributed by atoms with Crippen LogP contribution in [0.25, 0.3) is 10.2 Å². The second-order valence-corrected chi connectivity index (χ2v) is 9.30. The highest BCUT2D eigenvalue weighted by Crippen LogP contribution is 2.36. The average Bonchev–Trinajstić information content (AvgIpc) is 3.45. The van der Waals surface area contributed by atoms with Crippen LogP contribution in [-0.4, -0.2) is 42.9 Å². The number of benzene rings is 2. The summed E-state index contributed by atoms with van der Waals surface area (Å²) < 4.78 is 18.7. The van der Waals surface area contributed by atoms with Crippen molar-refractivity contribution in [2.75, 3.05) is 24.7 Å². The number of rotatable bonds is 5. The summed E-state index contributed by atoms with van der Waals surface area (Å²) in [5, 5.41) is 0.686. The Hall–Kier alpha value is -2.64. The Kier molecular flexibility index (Phi) is 5.54. The lowest BCUT2D eigenvalue weighted by Gasteiger charge is -2.30. The summed E-state index contributed by atoms with van der Waals surface area (Å²) in [4.78, 5) is 20.3. The third-order valence-electron chi connectivity index (χ3n) is 5.75. The number of nitrogens with zero attached hydrogens (tertiary/aromatic N) is 2. The number of thiazole rings is 1. The van der Waals surface area contributed by atoms with Gasteiger partial charge in [0.15, 0.2) is 16.6 Å². The second-order valence-electron chi connectivity index (χ2n) is 8.29. The Morgan fingerprint density at radius 1 is 1.19 bits per heavy atom. The molecule has 0 radical (unpaired) electrons. The van der Waals surface area contributed by atoms with Gasteiger partial charge in [-0.3, -0.25) is 9.69 Å². The molecule has 2 aliphatic heterocycles. The third kappa shape index (κ3) is 4.00. The zero-order chi connectivity index (χ0) is 21.4. The van der Waals surface area contributed by atoms with E-state index in [0.29, 0.717) is 29.1 Å². The topological polar surface area (TPSA) is 60.9 Å². The fraction of sp³-hybridized carbons (Fsp3) is 0.417.